The predicted octanol–water partition coefficient (Wildman–Crippen LogP) is 5.08. The highest BCUT2D eigenvalue weighted by atomic mass is 32.2. The van der Waals surface area contributed by atoms with Crippen molar-refractivity contribution in [2.24, 2.45) is 5.92 Å². The van der Waals surface area contributed by atoms with E-state index in [0.29, 0.717) is 23.4 Å². The third kappa shape index (κ3) is 6.53. The summed E-state index contributed by atoms with van der Waals surface area (Å²) in [6.07, 6.45) is 0.963. The molecular formula is C23H26F2N4O2S. The van der Waals surface area contributed by atoms with Gasteiger partial charge in [-0.2, -0.15) is 0 Å². The molecule has 0 saturated heterocycles. The van der Waals surface area contributed by atoms with E-state index in [4.69, 9.17) is 4.74 Å². The van der Waals surface area contributed by atoms with Crippen molar-refractivity contribution >= 4 is 23.4 Å². The van der Waals surface area contributed by atoms with Gasteiger partial charge >= 0.3 is 0 Å². The Morgan fingerprint density at radius 2 is 1.91 bits per heavy atom. The Labute approximate surface area is 190 Å². The van der Waals surface area contributed by atoms with E-state index in [0.717, 1.165) is 24.3 Å². The molecular weight excluding hydrogens is 434 g/mol. The number of benzene rings is 2. The molecule has 0 aliphatic heterocycles. The number of aromatic nitrogens is 3. The van der Waals surface area contributed by atoms with Crippen LogP contribution < -0.4 is 10.1 Å². The van der Waals surface area contributed by atoms with Crippen LogP contribution in [0.4, 0.5) is 14.5 Å². The third-order valence-corrected chi connectivity index (χ3v) is 5.55. The summed E-state index contributed by atoms with van der Waals surface area (Å²) in [4.78, 5) is 12.3. The fourth-order valence-corrected chi connectivity index (χ4v) is 3.72. The van der Waals surface area contributed by atoms with E-state index in [2.05, 4.69) is 36.3 Å². The second kappa shape index (κ2) is 11.1. The Kier molecular flexibility index (Phi) is 8.21. The summed E-state index contributed by atoms with van der Waals surface area (Å²) in [5.41, 5.74) is 1.17. The maximum Gasteiger partial charge on any atom is 0.234 e. The standard InChI is InChI=1S/C23H26F2N4O2S/c1-4-16-5-8-18(9-6-16)31-13-21-27-28-23(29(21)12-15(2)3)32-14-22(30)26-20-10-7-17(24)11-19(20)25/h5-11,15H,4,12-14H2,1-3H3,(H,26,30). The zero-order valence-electron chi connectivity index (χ0n) is 18.3. The van der Waals surface area contributed by atoms with E-state index in [9.17, 15) is 13.6 Å². The smallest absolute Gasteiger partial charge is 0.234 e. The summed E-state index contributed by atoms with van der Waals surface area (Å²) in [6.45, 7) is 7.16. The van der Waals surface area contributed by atoms with Gasteiger partial charge in [0.2, 0.25) is 5.91 Å². The van der Waals surface area contributed by atoms with Crippen LogP contribution in [0.15, 0.2) is 47.6 Å². The number of hydrogen-bond acceptors (Lipinski definition) is 5. The number of thioether (sulfide) groups is 1. The molecule has 0 atom stereocenters. The number of hydrogen-bond donors (Lipinski definition) is 1. The average Bonchev–Trinajstić information content (AvgIpc) is 3.14. The van der Waals surface area contributed by atoms with Gasteiger partial charge in [0.25, 0.3) is 0 Å². The number of aryl methyl sites for hydroxylation is 1. The van der Waals surface area contributed by atoms with Gasteiger partial charge in [0, 0.05) is 12.6 Å². The van der Waals surface area contributed by atoms with E-state index < -0.39 is 17.5 Å². The first kappa shape index (κ1) is 23.7. The summed E-state index contributed by atoms with van der Waals surface area (Å²) in [6, 6.07) is 10.9. The Balaban J connectivity index is 1.63. The van der Waals surface area contributed by atoms with E-state index >= 15 is 0 Å². The normalized spacial score (nSPS) is 11.1. The van der Waals surface area contributed by atoms with Crippen molar-refractivity contribution in [1.29, 1.82) is 0 Å². The molecule has 0 spiro atoms. The quantitative estimate of drug-likeness (QED) is 0.427. The molecule has 1 aromatic heterocycles. The molecule has 0 fully saturated rings. The van der Waals surface area contributed by atoms with Crippen LogP contribution >= 0.6 is 11.8 Å². The average molecular weight is 461 g/mol. The van der Waals surface area contributed by atoms with Crippen molar-refractivity contribution in [1.82, 2.24) is 14.8 Å². The lowest BCUT2D eigenvalue weighted by Crippen LogP contribution is -2.16. The summed E-state index contributed by atoms with van der Waals surface area (Å²) >= 11 is 1.20. The van der Waals surface area contributed by atoms with Gasteiger partial charge in [0.1, 0.15) is 24.0 Å². The van der Waals surface area contributed by atoms with Crippen molar-refractivity contribution in [3.8, 4) is 5.75 Å². The zero-order chi connectivity index (χ0) is 23.1. The highest BCUT2D eigenvalue weighted by Gasteiger charge is 2.16. The number of anilines is 1. The lowest BCUT2D eigenvalue weighted by atomic mass is 10.2. The summed E-state index contributed by atoms with van der Waals surface area (Å²) < 4.78 is 34.6. The Morgan fingerprint density at radius 1 is 1.16 bits per heavy atom. The Bertz CT molecular complexity index is 1050. The van der Waals surface area contributed by atoms with Crippen LogP contribution in [0.3, 0.4) is 0 Å². The Morgan fingerprint density at radius 3 is 2.56 bits per heavy atom. The third-order valence-electron chi connectivity index (χ3n) is 4.58. The molecule has 1 heterocycles. The van der Waals surface area contributed by atoms with Gasteiger partial charge in [-0.25, -0.2) is 8.78 Å². The molecule has 0 aliphatic rings. The second-order valence-corrected chi connectivity index (χ2v) is 8.59. The Hall–Kier alpha value is -2.94. The molecule has 9 heteroatoms. The van der Waals surface area contributed by atoms with Gasteiger partial charge in [0.15, 0.2) is 11.0 Å². The number of nitrogens with zero attached hydrogens (tertiary/aromatic N) is 3. The molecule has 0 radical (unpaired) electrons. The number of nitrogens with one attached hydrogen (secondary N) is 1. The van der Waals surface area contributed by atoms with Crippen molar-refractivity contribution in [3.05, 3.63) is 65.5 Å². The maximum atomic E-state index is 13.8. The van der Waals surface area contributed by atoms with Crippen molar-refractivity contribution in [2.75, 3.05) is 11.1 Å². The maximum absolute atomic E-state index is 13.8. The second-order valence-electron chi connectivity index (χ2n) is 7.65. The first-order valence-electron chi connectivity index (χ1n) is 10.4. The fraction of sp³-hybridized carbons (Fsp3) is 0.348. The molecule has 6 nitrogen and oxygen atoms in total. The predicted molar refractivity (Wildman–Crippen MR) is 121 cm³/mol. The topological polar surface area (TPSA) is 69.0 Å². The highest BCUT2D eigenvalue weighted by molar-refractivity contribution is 7.99. The van der Waals surface area contributed by atoms with E-state index in [1.807, 2.05) is 28.8 Å². The largest absolute Gasteiger partial charge is 0.486 e. The van der Waals surface area contributed by atoms with Crippen LogP contribution in [0.5, 0.6) is 5.75 Å². The number of rotatable bonds is 10. The summed E-state index contributed by atoms with van der Waals surface area (Å²) in [5.74, 6) is -0.206. The zero-order valence-corrected chi connectivity index (χ0v) is 19.1. The van der Waals surface area contributed by atoms with Crippen LogP contribution in [0.2, 0.25) is 0 Å². The lowest BCUT2D eigenvalue weighted by Gasteiger charge is -2.13. The van der Waals surface area contributed by atoms with Crippen LogP contribution in [-0.2, 0) is 24.4 Å². The number of halogens is 2. The minimum absolute atomic E-state index is 0.00633. The molecule has 3 aromatic rings. The number of ether oxygens (including phenoxy) is 1. The molecule has 0 aliphatic carbocycles. The summed E-state index contributed by atoms with van der Waals surface area (Å²) in [5, 5.41) is 11.5. The molecule has 170 valence electrons. The number of carbonyl (C=O) groups is 1. The highest BCUT2D eigenvalue weighted by Crippen LogP contribution is 2.22. The van der Waals surface area contributed by atoms with Gasteiger partial charge in [0.05, 0.1) is 11.4 Å². The molecule has 0 unspecified atom stereocenters. The SMILES string of the molecule is CCc1ccc(OCc2nnc(SCC(=O)Nc3ccc(F)cc3F)n2CC(C)C)cc1. The van der Waals surface area contributed by atoms with Crippen LogP contribution in [-0.4, -0.2) is 26.4 Å². The fourth-order valence-electron chi connectivity index (χ4n) is 2.96. The monoisotopic (exact) mass is 460 g/mol. The van der Waals surface area contributed by atoms with Crippen LogP contribution in [0, 0.1) is 17.6 Å². The van der Waals surface area contributed by atoms with Crippen molar-refractivity contribution in [3.63, 3.8) is 0 Å². The van der Waals surface area contributed by atoms with Gasteiger partial charge in [-0.1, -0.05) is 44.7 Å². The van der Waals surface area contributed by atoms with E-state index in [1.165, 1.54) is 23.4 Å². The van der Waals surface area contributed by atoms with Crippen molar-refractivity contribution < 1.29 is 18.3 Å². The lowest BCUT2D eigenvalue weighted by molar-refractivity contribution is -0.113. The number of carbonyl (C=O) groups excluding carboxylic acids is 1. The van der Waals surface area contributed by atoms with Gasteiger partial charge in [-0.15, -0.1) is 10.2 Å². The molecule has 0 bridgehead atoms. The first-order valence-corrected chi connectivity index (χ1v) is 11.4. The minimum Gasteiger partial charge on any atom is -0.486 e. The number of amides is 1. The van der Waals surface area contributed by atoms with Crippen LogP contribution in [0.1, 0.15) is 32.2 Å². The minimum atomic E-state index is -0.822. The van der Waals surface area contributed by atoms with Gasteiger partial charge in [-0.3, -0.25) is 4.79 Å². The molecule has 1 N–H and O–H groups in total. The molecule has 2 aromatic carbocycles. The van der Waals surface area contributed by atoms with Gasteiger partial charge < -0.3 is 14.6 Å². The van der Waals surface area contributed by atoms with Crippen molar-refractivity contribution in [2.45, 2.75) is 45.5 Å². The molecule has 1 amide bonds. The first-order chi connectivity index (χ1) is 15.4. The summed E-state index contributed by atoms with van der Waals surface area (Å²) in [7, 11) is 0. The van der Waals surface area contributed by atoms with Gasteiger partial charge in [-0.05, 0) is 42.2 Å². The van der Waals surface area contributed by atoms with E-state index in [1.54, 1.807) is 0 Å². The molecule has 0 saturated carbocycles. The molecule has 32 heavy (non-hydrogen) atoms. The van der Waals surface area contributed by atoms with E-state index in [-0.39, 0.29) is 18.0 Å². The van der Waals surface area contributed by atoms with Crippen LogP contribution in [0.25, 0.3) is 0 Å². The molecule has 3 rings (SSSR count).